The average molecular weight is 336 g/mol. The number of hydrogen-bond acceptors (Lipinski definition) is 1. The first-order valence-corrected chi connectivity index (χ1v) is 8.79. The Balaban J connectivity index is 2.35. The summed E-state index contributed by atoms with van der Waals surface area (Å²) in [4.78, 5) is 0. The average Bonchev–Trinajstić information content (AvgIpc) is 2.33. The van der Waals surface area contributed by atoms with Crippen LogP contribution < -0.4 is 0 Å². The molecule has 1 aromatic rings. The number of benzene rings is 1. The molecule has 0 aliphatic rings. The van der Waals surface area contributed by atoms with Crippen LogP contribution in [-0.2, 0) is 6.42 Å². The largest absolute Gasteiger partial charge is 0.162 e. The predicted octanol–water partition coefficient (Wildman–Crippen LogP) is 5.43. The molecule has 0 amide bonds. The summed E-state index contributed by atoms with van der Waals surface area (Å²) in [5, 5.41) is 1.92. The topological polar surface area (TPSA) is 0 Å². The Bertz CT molecular complexity index is 317. The van der Waals surface area contributed by atoms with Crippen molar-refractivity contribution in [3.8, 4) is 0 Å². The van der Waals surface area contributed by atoms with Gasteiger partial charge in [-0.1, -0.05) is 46.6 Å². The number of rotatable bonds is 8. The van der Waals surface area contributed by atoms with E-state index in [0.29, 0.717) is 0 Å². The van der Waals surface area contributed by atoms with E-state index >= 15 is 0 Å². The summed E-state index contributed by atoms with van der Waals surface area (Å²) < 4.78 is 0. The molecule has 0 nitrogen and oxygen atoms in total. The molecule has 0 saturated heterocycles. The van der Waals surface area contributed by atoms with Gasteiger partial charge in [-0.15, -0.1) is 0 Å². The van der Waals surface area contributed by atoms with Crippen molar-refractivity contribution < 1.29 is 0 Å². The molecule has 1 aromatic carbocycles. The van der Waals surface area contributed by atoms with E-state index in [4.69, 9.17) is 11.6 Å². The molecule has 0 N–H and O–H groups in total. The number of hydrogen-bond donors (Lipinski definition) is 0. The molecule has 17 heavy (non-hydrogen) atoms. The van der Waals surface area contributed by atoms with Crippen molar-refractivity contribution in [3.63, 3.8) is 0 Å². The zero-order valence-electron chi connectivity index (χ0n) is 10.3. The fourth-order valence-corrected chi connectivity index (χ4v) is 3.27. The fraction of sp³-hybridized carbons (Fsp3) is 0.571. The molecule has 1 atom stereocenters. The van der Waals surface area contributed by atoms with E-state index in [1.165, 1.54) is 29.9 Å². The lowest BCUT2D eigenvalue weighted by atomic mass is 9.97. The van der Waals surface area contributed by atoms with Gasteiger partial charge in [0.2, 0.25) is 0 Å². The molecule has 0 spiro atoms. The van der Waals surface area contributed by atoms with Gasteiger partial charge in [-0.2, -0.15) is 11.8 Å². The second kappa shape index (κ2) is 9.29. The lowest BCUT2D eigenvalue weighted by Crippen LogP contribution is -2.06. The van der Waals surface area contributed by atoms with Crippen molar-refractivity contribution in [2.24, 2.45) is 5.92 Å². The van der Waals surface area contributed by atoms with Gasteiger partial charge in [0.15, 0.2) is 0 Å². The smallest absolute Gasteiger partial charge is 0.0408 e. The van der Waals surface area contributed by atoms with E-state index in [9.17, 15) is 0 Å². The van der Waals surface area contributed by atoms with Crippen molar-refractivity contribution in [1.29, 1.82) is 0 Å². The van der Waals surface area contributed by atoms with Gasteiger partial charge in [0.05, 0.1) is 0 Å². The molecule has 3 heteroatoms. The van der Waals surface area contributed by atoms with Crippen molar-refractivity contribution >= 4 is 39.3 Å². The second-order valence-corrected chi connectivity index (χ2v) is 6.67. The van der Waals surface area contributed by atoms with E-state index in [2.05, 4.69) is 35.0 Å². The highest BCUT2D eigenvalue weighted by Gasteiger charge is 2.08. The van der Waals surface area contributed by atoms with Crippen molar-refractivity contribution in [1.82, 2.24) is 0 Å². The molecule has 0 fully saturated rings. The lowest BCUT2D eigenvalue weighted by Gasteiger charge is -2.14. The summed E-state index contributed by atoms with van der Waals surface area (Å²) in [5.74, 6) is 3.24. The third-order valence-corrected chi connectivity index (χ3v) is 4.87. The molecular weight excluding hydrogens is 316 g/mol. The molecule has 1 unspecified atom stereocenters. The van der Waals surface area contributed by atoms with Crippen LogP contribution in [0.2, 0.25) is 5.02 Å². The van der Waals surface area contributed by atoms with Gasteiger partial charge in [0, 0.05) is 10.4 Å². The summed E-state index contributed by atoms with van der Waals surface area (Å²) in [6.45, 7) is 2.22. The first kappa shape index (κ1) is 15.4. The highest BCUT2D eigenvalue weighted by atomic mass is 79.9. The van der Waals surface area contributed by atoms with Crippen LogP contribution >= 0.6 is 39.3 Å². The van der Waals surface area contributed by atoms with E-state index in [-0.39, 0.29) is 0 Å². The zero-order valence-corrected chi connectivity index (χ0v) is 13.5. The van der Waals surface area contributed by atoms with E-state index in [0.717, 1.165) is 22.7 Å². The highest BCUT2D eigenvalue weighted by Crippen LogP contribution is 2.20. The van der Waals surface area contributed by atoms with Crippen LogP contribution in [0.1, 0.15) is 25.3 Å². The quantitative estimate of drug-likeness (QED) is 0.451. The van der Waals surface area contributed by atoms with Crippen LogP contribution in [-0.4, -0.2) is 16.8 Å². The van der Waals surface area contributed by atoms with Gasteiger partial charge in [-0.05, 0) is 54.4 Å². The van der Waals surface area contributed by atoms with Crippen LogP contribution in [0.4, 0.5) is 0 Å². The Kier molecular flexibility index (Phi) is 8.42. The molecule has 0 aliphatic heterocycles. The summed E-state index contributed by atoms with van der Waals surface area (Å²) >= 11 is 11.7. The Hall–Kier alpha value is 0.340. The van der Waals surface area contributed by atoms with Crippen molar-refractivity contribution in [3.05, 3.63) is 34.9 Å². The second-order valence-electron chi connectivity index (χ2n) is 4.19. The third kappa shape index (κ3) is 6.73. The van der Waals surface area contributed by atoms with Crippen LogP contribution in [0.5, 0.6) is 0 Å². The van der Waals surface area contributed by atoms with E-state index in [1.807, 2.05) is 23.9 Å². The zero-order chi connectivity index (χ0) is 12.5. The van der Waals surface area contributed by atoms with Crippen molar-refractivity contribution in [2.75, 3.05) is 16.8 Å². The summed E-state index contributed by atoms with van der Waals surface area (Å²) in [5.41, 5.74) is 1.35. The maximum Gasteiger partial charge on any atom is 0.0408 e. The number of halogens is 2. The lowest BCUT2D eigenvalue weighted by molar-refractivity contribution is 0.537. The SMILES string of the molecule is CCSCCCC(CBr)Cc1cccc(Cl)c1. The molecule has 0 aromatic heterocycles. The minimum atomic E-state index is 0.728. The third-order valence-electron chi connectivity index (χ3n) is 2.74. The fourth-order valence-electron chi connectivity index (χ4n) is 1.85. The molecule has 1 rings (SSSR count). The Morgan fingerprint density at radius 2 is 2.24 bits per heavy atom. The standard InChI is InChI=1S/C14H20BrClS/c1-2-17-8-4-6-13(11-15)9-12-5-3-7-14(16)10-12/h3,5,7,10,13H,2,4,6,8-9,11H2,1H3. The minimum Gasteiger partial charge on any atom is -0.162 e. The molecule has 0 radical (unpaired) electrons. The van der Waals surface area contributed by atoms with Crippen molar-refractivity contribution in [2.45, 2.75) is 26.2 Å². The van der Waals surface area contributed by atoms with Crippen LogP contribution in [0.15, 0.2) is 24.3 Å². The van der Waals surface area contributed by atoms with Gasteiger partial charge >= 0.3 is 0 Å². The minimum absolute atomic E-state index is 0.728. The predicted molar refractivity (Wildman–Crippen MR) is 84.7 cm³/mol. The summed E-state index contributed by atoms with van der Waals surface area (Å²) in [6.07, 6.45) is 3.74. The van der Waals surface area contributed by atoms with Crippen LogP contribution in [0, 0.1) is 5.92 Å². The Morgan fingerprint density at radius 1 is 1.41 bits per heavy atom. The molecular formula is C14H20BrClS. The first-order chi connectivity index (χ1) is 8.26. The van der Waals surface area contributed by atoms with Crippen LogP contribution in [0.3, 0.4) is 0 Å². The van der Waals surface area contributed by atoms with Gasteiger partial charge in [0.1, 0.15) is 0 Å². The number of alkyl halides is 1. The maximum absolute atomic E-state index is 6.00. The maximum atomic E-state index is 6.00. The monoisotopic (exact) mass is 334 g/mol. The van der Waals surface area contributed by atoms with Crippen LogP contribution in [0.25, 0.3) is 0 Å². The Morgan fingerprint density at radius 3 is 2.88 bits per heavy atom. The molecule has 0 aliphatic carbocycles. The van der Waals surface area contributed by atoms with Gasteiger partial charge in [0.25, 0.3) is 0 Å². The van der Waals surface area contributed by atoms with Gasteiger partial charge in [-0.25, -0.2) is 0 Å². The summed E-state index contributed by atoms with van der Waals surface area (Å²) in [6, 6.07) is 8.22. The van der Waals surface area contributed by atoms with Gasteiger partial charge < -0.3 is 0 Å². The Labute approximate surface area is 123 Å². The first-order valence-electron chi connectivity index (χ1n) is 6.14. The normalized spacial score (nSPS) is 12.6. The molecule has 0 saturated carbocycles. The van der Waals surface area contributed by atoms with Gasteiger partial charge in [-0.3, -0.25) is 0 Å². The van der Waals surface area contributed by atoms with E-state index < -0.39 is 0 Å². The number of thioether (sulfide) groups is 1. The summed E-state index contributed by atoms with van der Waals surface area (Å²) in [7, 11) is 0. The highest BCUT2D eigenvalue weighted by molar-refractivity contribution is 9.09. The molecule has 0 heterocycles. The van der Waals surface area contributed by atoms with E-state index in [1.54, 1.807) is 0 Å². The molecule has 96 valence electrons. The molecule has 0 bridgehead atoms.